The van der Waals surface area contributed by atoms with Gasteiger partial charge in [-0.05, 0) is 13.0 Å². The fourth-order valence-corrected chi connectivity index (χ4v) is 2.06. The van der Waals surface area contributed by atoms with Crippen LogP contribution in [0.3, 0.4) is 0 Å². The number of non-ortho nitro benzene ring substituents is 1. The van der Waals surface area contributed by atoms with Crippen molar-refractivity contribution in [3.8, 4) is 0 Å². The minimum Gasteiger partial charge on any atom is -0.478 e. The van der Waals surface area contributed by atoms with Crippen LogP contribution in [0.15, 0.2) is 22.7 Å². The first kappa shape index (κ1) is 19.0. The van der Waals surface area contributed by atoms with Gasteiger partial charge in [0.15, 0.2) is 5.82 Å². The first-order chi connectivity index (χ1) is 12.2. The van der Waals surface area contributed by atoms with Crippen LogP contribution in [-0.2, 0) is 11.3 Å². The number of aromatic nitrogens is 2. The number of carboxylic acid groups (broad SMARTS) is 1. The van der Waals surface area contributed by atoms with E-state index in [0.29, 0.717) is 5.82 Å². The van der Waals surface area contributed by atoms with Crippen molar-refractivity contribution in [3.63, 3.8) is 0 Å². The first-order valence-electron chi connectivity index (χ1n) is 7.36. The Morgan fingerprint density at radius 3 is 2.62 bits per heavy atom. The van der Waals surface area contributed by atoms with Gasteiger partial charge in [0.05, 0.1) is 17.0 Å². The highest BCUT2D eigenvalue weighted by atomic mass is 16.6. The molecule has 0 fully saturated rings. The minimum atomic E-state index is -1.37. The molecule has 26 heavy (non-hydrogen) atoms. The molecular weight excluding hydrogens is 348 g/mol. The summed E-state index contributed by atoms with van der Waals surface area (Å²) in [6, 6.07) is 2.97. The zero-order chi connectivity index (χ0) is 19.4. The molecule has 2 rings (SSSR count). The number of carbonyl (C=O) groups excluding carboxylic acids is 1. The summed E-state index contributed by atoms with van der Waals surface area (Å²) < 4.78 is 10.1. The van der Waals surface area contributed by atoms with Gasteiger partial charge in [-0.2, -0.15) is 4.98 Å². The van der Waals surface area contributed by atoms with E-state index in [1.54, 1.807) is 6.92 Å². The predicted molar refractivity (Wildman–Crippen MR) is 85.6 cm³/mol. The normalized spacial score (nSPS) is 11.8. The van der Waals surface area contributed by atoms with Gasteiger partial charge < -0.3 is 19.3 Å². The lowest BCUT2D eigenvalue weighted by Crippen LogP contribution is -2.26. The zero-order valence-corrected chi connectivity index (χ0v) is 14.2. The molecule has 0 radical (unpaired) electrons. The van der Waals surface area contributed by atoms with E-state index in [2.05, 4.69) is 10.1 Å². The van der Waals surface area contributed by atoms with E-state index in [1.807, 2.05) is 0 Å². The summed E-state index contributed by atoms with van der Waals surface area (Å²) in [5.41, 5.74) is -0.982. The molecule has 1 heterocycles. The van der Waals surface area contributed by atoms with Gasteiger partial charge in [-0.1, -0.05) is 5.16 Å². The van der Waals surface area contributed by atoms with Crippen LogP contribution in [0.25, 0.3) is 0 Å². The number of benzene rings is 1. The molecule has 0 aliphatic heterocycles. The number of methoxy groups -OCH3 is 1. The average molecular weight is 364 g/mol. The molecule has 0 bridgehead atoms. The second-order valence-electron chi connectivity index (χ2n) is 5.42. The highest BCUT2D eigenvalue weighted by Gasteiger charge is 2.22. The molecule has 2 aromatic rings. The highest BCUT2D eigenvalue weighted by molar-refractivity contribution is 5.98. The van der Waals surface area contributed by atoms with Gasteiger partial charge in [0.2, 0.25) is 5.89 Å². The van der Waals surface area contributed by atoms with E-state index in [9.17, 15) is 19.7 Å². The third-order valence-corrected chi connectivity index (χ3v) is 3.54. The minimum absolute atomic E-state index is 0.0621. The summed E-state index contributed by atoms with van der Waals surface area (Å²) in [5, 5.41) is 23.7. The standard InChI is InChI=1S/C15H16N4O7/c1-8(25-3)13-16-12(26-17-13)7-18(2)14(20)9-4-10(15(21)22)6-11(5-9)19(23)24/h4-6,8H,7H2,1-3H3,(H,21,22). The SMILES string of the molecule is COC(C)c1noc(CN(C)C(=O)c2cc(C(=O)O)cc([N+](=O)[O-])c2)n1. The van der Waals surface area contributed by atoms with Gasteiger partial charge in [-0.25, -0.2) is 4.79 Å². The summed E-state index contributed by atoms with van der Waals surface area (Å²) in [6.45, 7) is 1.66. The van der Waals surface area contributed by atoms with Gasteiger partial charge in [0.1, 0.15) is 6.10 Å². The second-order valence-corrected chi connectivity index (χ2v) is 5.42. The van der Waals surface area contributed by atoms with Crippen molar-refractivity contribution < 1.29 is 28.9 Å². The number of rotatable bonds is 7. The van der Waals surface area contributed by atoms with Crippen molar-refractivity contribution in [3.05, 3.63) is 51.2 Å². The average Bonchev–Trinajstić information content (AvgIpc) is 3.08. The van der Waals surface area contributed by atoms with E-state index >= 15 is 0 Å². The number of aromatic carboxylic acids is 1. The van der Waals surface area contributed by atoms with Crippen LogP contribution < -0.4 is 0 Å². The van der Waals surface area contributed by atoms with Crippen molar-refractivity contribution in [2.24, 2.45) is 0 Å². The summed E-state index contributed by atoms with van der Waals surface area (Å²) in [6.07, 6.45) is -0.386. The van der Waals surface area contributed by atoms with Gasteiger partial charge in [-0.15, -0.1) is 0 Å². The Hall–Kier alpha value is -3.34. The number of hydrogen-bond donors (Lipinski definition) is 1. The maximum Gasteiger partial charge on any atom is 0.335 e. The van der Waals surface area contributed by atoms with Crippen LogP contribution >= 0.6 is 0 Å². The Morgan fingerprint density at radius 1 is 1.38 bits per heavy atom. The molecule has 0 aliphatic rings. The molecular formula is C15H16N4O7. The number of ether oxygens (including phenoxy) is 1. The lowest BCUT2D eigenvalue weighted by atomic mass is 10.1. The van der Waals surface area contributed by atoms with Gasteiger partial charge >= 0.3 is 5.97 Å². The molecule has 1 aromatic carbocycles. The van der Waals surface area contributed by atoms with Crippen molar-refractivity contribution in [1.29, 1.82) is 0 Å². The van der Waals surface area contributed by atoms with Crippen molar-refractivity contribution >= 4 is 17.6 Å². The first-order valence-corrected chi connectivity index (χ1v) is 7.36. The van der Waals surface area contributed by atoms with Crippen molar-refractivity contribution in [2.45, 2.75) is 19.6 Å². The summed E-state index contributed by atoms with van der Waals surface area (Å²) in [7, 11) is 2.91. The van der Waals surface area contributed by atoms with E-state index in [4.69, 9.17) is 14.4 Å². The molecule has 0 saturated heterocycles. The molecule has 0 aliphatic carbocycles. The Bertz CT molecular complexity index is 816. The molecule has 0 spiro atoms. The van der Waals surface area contributed by atoms with E-state index in [1.165, 1.54) is 19.1 Å². The molecule has 138 valence electrons. The lowest BCUT2D eigenvalue weighted by Gasteiger charge is -2.15. The molecule has 11 nitrogen and oxygen atoms in total. The molecule has 1 atom stereocenters. The molecule has 1 aromatic heterocycles. The van der Waals surface area contributed by atoms with Gasteiger partial charge in [0, 0.05) is 31.9 Å². The molecule has 1 unspecified atom stereocenters. The largest absolute Gasteiger partial charge is 0.478 e. The van der Waals surface area contributed by atoms with Crippen LogP contribution in [-0.4, -0.2) is 51.1 Å². The van der Waals surface area contributed by atoms with Crippen LogP contribution in [0.4, 0.5) is 5.69 Å². The molecule has 11 heteroatoms. The van der Waals surface area contributed by atoms with Gasteiger partial charge in [-0.3, -0.25) is 14.9 Å². The fourth-order valence-electron chi connectivity index (χ4n) is 2.06. The third-order valence-electron chi connectivity index (χ3n) is 3.54. The number of nitrogens with zero attached hydrogens (tertiary/aromatic N) is 4. The monoisotopic (exact) mass is 364 g/mol. The third kappa shape index (κ3) is 4.19. The summed E-state index contributed by atoms with van der Waals surface area (Å²) in [4.78, 5) is 39.1. The Kier molecular flexibility index (Phi) is 5.62. The maximum absolute atomic E-state index is 12.5. The molecule has 0 saturated carbocycles. The van der Waals surface area contributed by atoms with E-state index in [0.717, 1.165) is 18.2 Å². The number of nitro benzene ring substituents is 1. The van der Waals surface area contributed by atoms with E-state index < -0.39 is 22.5 Å². The number of carboxylic acids is 1. The van der Waals surface area contributed by atoms with Crippen LogP contribution in [0, 0.1) is 10.1 Å². The van der Waals surface area contributed by atoms with Crippen molar-refractivity contribution in [1.82, 2.24) is 15.0 Å². The number of carbonyl (C=O) groups is 2. The number of hydrogen-bond acceptors (Lipinski definition) is 8. The second kappa shape index (κ2) is 7.70. The fraction of sp³-hybridized carbons (Fsp3) is 0.333. The quantitative estimate of drug-likeness (QED) is 0.571. The molecule has 1 amide bonds. The predicted octanol–water partition coefficient (Wildman–Crippen LogP) is 1.66. The number of amides is 1. The van der Waals surface area contributed by atoms with Crippen LogP contribution in [0.1, 0.15) is 45.5 Å². The smallest absolute Gasteiger partial charge is 0.335 e. The highest BCUT2D eigenvalue weighted by Crippen LogP contribution is 2.19. The topological polar surface area (TPSA) is 149 Å². The van der Waals surface area contributed by atoms with Crippen LogP contribution in [0.2, 0.25) is 0 Å². The number of nitro groups is 1. The Morgan fingerprint density at radius 2 is 2.04 bits per heavy atom. The van der Waals surface area contributed by atoms with Crippen LogP contribution in [0.5, 0.6) is 0 Å². The maximum atomic E-state index is 12.5. The van der Waals surface area contributed by atoms with Gasteiger partial charge in [0.25, 0.3) is 11.6 Å². The Balaban J connectivity index is 2.23. The van der Waals surface area contributed by atoms with E-state index in [-0.39, 0.29) is 29.7 Å². The van der Waals surface area contributed by atoms with Crippen molar-refractivity contribution in [2.75, 3.05) is 14.2 Å². The Labute approximate surface area is 147 Å². The molecule has 1 N–H and O–H groups in total. The zero-order valence-electron chi connectivity index (χ0n) is 14.2. The lowest BCUT2D eigenvalue weighted by molar-refractivity contribution is -0.384. The summed E-state index contributed by atoms with van der Waals surface area (Å²) >= 11 is 0. The summed E-state index contributed by atoms with van der Waals surface area (Å²) in [5.74, 6) is -1.55.